The molecule has 104 valence electrons. The van der Waals surface area contributed by atoms with Crippen LogP contribution in [-0.2, 0) is 19.1 Å². The molecule has 4 nitrogen and oxygen atoms in total. The number of hydrogen-bond acceptors (Lipinski definition) is 6. The molecule has 0 aliphatic heterocycles. The van der Waals surface area contributed by atoms with E-state index < -0.39 is 5.25 Å². The van der Waals surface area contributed by atoms with Gasteiger partial charge in [-0.25, -0.2) is 0 Å². The van der Waals surface area contributed by atoms with Gasteiger partial charge >= 0.3 is 5.97 Å². The zero-order valence-corrected chi connectivity index (χ0v) is 12.9. The average molecular weight is 292 g/mol. The highest BCUT2D eigenvalue weighted by Gasteiger charge is 2.22. The van der Waals surface area contributed by atoms with Crippen LogP contribution < -0.4 is 0 Å². The smallest absolute Gasteiger partial charge is 0.319 e. The van der Waals surface area contributed by atoms with Gasteiger partial charge < -0.3 is 4.74 Å². The van der Waals surface area contributed by atoms with Crippen molar-refractivity contribution in [3.63, 3.8) is 0 Å². The molecule has 0 N–H and O–H groups in total. The molecule has 0 bridgehead atoms. The Hall–Kier alpha value is -0.490. The summed E-state index contributed by atoms with van der Waals surface area (Å²) in [6, 6.07) is 0. The van der Waals surface area contributed by atoms with Gasteiger partial charge in [0.05, 0.1) is 7.11 Å². The van der Waals surface area contributed by atoms with Crippen molar-refractivity contribution < 1.29 is 19.1 Å². The monoisotopic (exact) mass is 292 g/mol. The van der Waals surface area contributed by atoms with Crippen molar-refractivity contribution in [3.05, 3.63) is 0 Å². The number of methoxy groups -OCH3 is 1. The molecule has 0 heterocycles. The van der Waals surface area contributed by atoms with Crippen molar-refractivity contribution in [1.82, 2.24) is 0 Å². The van der Waals surface area contributed by atoms with Gasteiger partial charge in [0.15, 0.2) is 10.2 Å². The van der Waals surface area contributed by atoms with Gasteiger partial charge in [-0.2, -0.15) is 0 Å². The Morgan fingerprint density at radius 1 is 1.11 bits per heavy atom. The van der Waals surface area contributed by atoms with E-state index in [2.05, 4.69) is 4.74 Å². The van der Waals surface area contributed by atoms with Crippen LogP contribution in [0.5, 0.6) is 0 Å². The van der Waals surface area contributed by atoms with E-state index in [4.69, 9.17) is 0 Å². The summed E-state index contributed by atoms with van der Waals surface area (Å²) in [4.78, 5) is 33.3. The van der Waals surface area contributed by atoms with E-state index in [-0.39, 0.29) is 16.2 Å². The molecule has 0 fully saturated rings. The van der Waals surface area contributed by atoms with Crippen molar-refractivity contribution >= 4 is 39.7 Å². The molecule has 0 radical (unpaired) electrons. The minimum Gasteiger partial charge on any atom is -0.468 e. The van der Waals surface area contributed by atoms with Crippen molar-refractivity contribution in [2.24, 2.45) is 5.92 Å². The lowest BCUT2D eigenvalue weighted by Gasteiger charge is -2.15. The molecule has 0 aliphatic rings. The summed E-state index contributed by atoms with van der Waals surface area (Å²) in [6.45, 7) is 5.01. The van der Waals surface area contributed by atoms with Crippen molar-refractivity contribution in [3.8, 4) is 0 Å². The Morgan fingerprint density at radius 3 is 2.17 bits per heavy atom. The third-order valence-corrected chi connectivity index (χ3v) is 4.45. The van der Waals surface area contributed by atoms with Gasteiger partial charge in [-0.1, -0.05) is 30.4 Å². The Bertz CT molecular complexity index is 304. The first-order valence-corrected chi connectivity index (χ1v) is 7.61. The summed E-state index contributed by atoms with van der Waals surface area (Å²) >= 11 is 2.30. The molecule has 0 aliphatic carbocycles. The molecule has 0 aromatic heterocycles. The van der Waals surface area contributed by atoms with Crippen LogP contribution in [0.2, 0.25) is 0 Å². The number of esters is 1. The molecule has 2 atom stereocenters. The maximum atomic E-state index is 11.5. The first kappa shape index (κ1) is 17.5. The van der Waals surface area contributed by atoms with Crippen LogP contribution in [0.3, 0.4) is 0 Å². The molecule has 0 spiro atoms. The van der Waals surface area contributed by atoms with Crippen LogP contribution >= 0.6 is 23.5 Å². The van der Waals surface area contributed by atoms with Gasteiger partial charge in [0.2, 0.25) is 0 Å². The zero-order chi connectivity index (χ0) is 14.1. The maximum Gasteiger partial charge on any atom is 0.319 e. The molecule has 0 aromatic rings. The van der Waals surface area contributed by atoms with Crippen LogP contribution in [0, 0.1) is 5.92 Å². The highest BCUT2D eigenvalue weighted by molar-refractivity contribution is 8.14. The first-order valence-electron chi connectivity index (χ1n) is 5.75. The molecule has 6 heteroatoms. The van der Waals surface area contributed by atoms with E-state index in [1.807, 2.05) is 6.92 Å². The number of carbonyl (C=O) groups excluding carboxylic acids is 3. The van der Waals surface area contributed by atoms with Crippen LogP contribution in [0.15, 0.2) is 0 Å². The fourth-order valence-corrected chi connectivity index (χ4v) is 2.87. The molecular weight excluding hydrogens is 272 g/mol. The van der Waals surface area contributed by atoms with Gasteiger partial charge in [-0.15, -0.1) is 0 Å². The standard InChI is InChI=1S/C12H20O4S2/c1-8(7-17-9(2)13)5-6-11(12(15)16-4)18-10(3)14/h8,11H,5-7H2,1-4H3. The highest BCUT2D eigenvalue weighted by Crippen LogP contribution is 2.22. The lowest BCUT2D eigenvalue weighted by atomic mass is 10.1. The minimum absolute atomic E-state index is 0.0869. The van der Waals surface area contributed by atoms with Crippen LogP contribution in [0.25, 0.3) is 0 Å². The van der Waals surface area contributed by atoms with E-state index >= 15 is 0 Å². The molecule has 18 heavy (non-hydrogen) atoms. The number of thioether (sulfide) groups is 2. The summed E-state index contributed by atoms with van der Waals surface area (Å²) in [5.74, 6) is 0.716. The first-order chi connectivity index (χ1) is 8.36. The predicted octanol–water partition coefficient (Wildman–Crippen LogP) is 2.50. The second kappa shape index (κ2) is 9.44. The summed E-state index contributed by atoms with van der Waals surface area (Å²) in [6.07, 6.45) is 1.39. The van der Waals surface area contributed by atoms with Crippen molar-refractivity contribution in [2.45, 2.75) is 38.9 Å². The Morgan fingerprint density at radius 2 is 1.72 bits per heavy atom. The number of rotatable bonds is 7. The number of carbonyl (C=O) groups is 3. The molecule has 0 rings (SSSR count). The fourth-order valence-electron chi connectivity index (χ4n) is 1.34. The van der Waals surface area contributed by atoms with Gasteiger partial charge in [0.1, 0.15) is 5.25 Å². The number of ether oxygens (including phenoxy) is 1. The van der Waals surface area contributed by atoms with Crippen molar-refractivity contribution in [1.29, 1.82) is 0 Å². The molecule has 0 saturated carbocycles. The third-order valence-electron chi connectivity index (χ3n) is 2.27. The summed E-state index contributed by atoms with van der Waals surface area (Å²) in [7, 11) is 1.32. The molecule has 0 saturated heterocycles. The second-order valence-electron chi connectivity index (χ2n) is 4.11. The second-order valence-corrected chi connectivity index (χ2v) is 6.68. The van der Waals surface area contributed by atoms with Crippen LogP contribution in [0.1, 0.15) is 33.6 Å². The summed E-state index contributed by atoms with van der Waals surface area (Å²) < 4.78 is 4.67. The highest BCUT2D eigenvalue weighted by atomic mass is 32.2. The lowest BCUT2D eigenvalue weighted by molar-refractivity contribution is -0.140. The minimum atomic E-state index is -0.433. The van der Waals surface area contributed by atoms with E-state index in [1.54, 1.807) is 6.92 Å². The number of hydrogen-bond donors (Lipinski definition) is 0. The maximum absolute atomic E-state index is 11.5. The van der Waals surface area contributed by atoms with Crippen LogP contribution in [0.4, 0.5) is 0 Å². The molecule has 0 amide bonds. The Labute approximate surface area is 117 Å². The van der Waals surface area contributed by atoms with Gasteiger partial charge in [-0.05, 0) is 18.8 Å². The zero-order valence-electron chi connectivity index (χ0n) is 11.2. The summed E-state index contributed by atoms with van der Waals surface area (Å²) in [5, 5.41) is -0.419. The Balaban J connectivity index is 4.12. The normalized spacial score (nSPS) is 13.8. The molecule has 0 aromatic carbocycles. The molecular formula is C12H20O4S2. The summed E-state index contributed by atoms with van der Waals surface area (Å²) in [5.41, 5.74) is 0. The third kappa shape index (κ3) is 8.58. The predicted molar refractivity (Wildman–Crippen MR) is 75.6 cm³/mol. The van der Waals surface area contributed by atoms with Crippen molar-refractivity contribution in [2.75, 3.05) is 12.9 Å². The Kier molecular flexibility index (Phi) is 9.18. The van der Waals surface area contributed by atoms with E-state index in [0.29, 0.717) is 12.3 Å². The molecule has 2 unspecified atom stereocenters. The quantitative estimate of drug-likeness (QED) is 0.672. The van der Waals surface area contributed by atoms with E-state index in [1.165, 1.54) is 25.8 Å². The average Bonchev–Trinajstić information content (AvgIpc) is 2.30. The topological polar surface area (TPSA) is 60.4 Å². The van der Waals surface area contributed by atoms with Gasteiger partial charge in [0.25, 0.3) is 0 Å². The van der Waals surface area contributed by atoms with E-state index in [0.717, 1.165) is 23.9 Å². The lowest BCUT2D eigenvalue weighted by Crippen LogP contribution is -2.21. The van der Waals surface area contributed by atoms with Crippen LogP contribution in [-0.4, -0.2) is 34.3 Å². The van der Waals surface area contributed by atoms with Gasteiger partial charge in [0, 0.05) is 19.6 Å². The largest absolute Gasteiger partial charge is 0.468 e. The van der Waals surface area contributed by atoms with E-state index in [9.17, 15) is 14.4 Å². The SMILES string of the molecule is COC(=O)C(CCC(C)CSC(C)=O)SC(C)=O. The van der Waals surface area contributed by atoms with Gasteiger partial charge in [-0.3, -0.25) is 14.4 Å². The fraction of sp³-hybridized carbons (Fsp3) is 0.750.